The van der Waals surface area contributed by atoms with Crippen LogP contribution in [-0.2, 0) is 27.6 Å². The zero-order valence-corrected chi connectivity index (χ0v) is 20.8. The first-order valence-electron chi connectivity index (χ1n) is 12.8. The van der Waals surface area contributed by atoms with E-state index in [4.69, 9.17) is 10.5 Å². The van der Waals surface area contributed by atoms with Gasteiger partial charge in [-0.2, -0.15) is 13.2 Å². The van der Waals surface area contributed by atoms with E-state index in [2.05, 4.69) is 4.90 Å². The molecule has 198 valence electrons. The highest BCUT2D eigenvalue weighted by Crippen LogP contribution is 2.51. The fourth-order valence-corrected chi connectivity index (χ4v) is 6.07. The maximum absolute atomic E-state index is 14.4. The van der Waals surface area contributed by atoms with Crippen LogP contribution in [-0.4, -0.2) is 60.4 Å². The van der Waals surface area contributed by atoms with Crippen LogP contribution >= 0.6 is 0 Å². The van der Waals surface area contributed by atoms with E-state index < -0.39 is 29.1 Å². The van der Waals surface area contributed by atoms with Gasteiger partial charge in [-0.15, -0.1) is 0 Å². The summed E-state index contributed by atoms with van der Waals surface area (Å²) in [5.74, 6) is 0.191. The van der Waals surface area contributed by atoms with E-state index in [1.54, 1.807) is 12.0 Å². The summed E-state index contributed by atoms with van der Waals surface area (Å²) in [4.78, 5) is 31.3. The molecule has 2 amide bonds. The number of alkyl halides is 3. The Kier molecular flexibility index (Phi) is 6.68. The van der Waals surface area contributed by atoms with Gasteiger partial charge in [-0.05, 0) is 80.1 Å². The van der Waals surface area contributed by atoms with E-state index in [1.807, 2.05) is 24.3 Å². The Hall–Kier alpha value is -3.07. The summed E-state index contributed by atoms with van der Waals surface area (Å²) in [6.45, 7) is 2.60. The lowest BCUT2D eigenvalue weighted by molar-refractivity contribution is -0.149. The molecular weight excluding hydrogens is 483 g/mol. The van der Waals surface area contributed by atoms with Gasteiger partial charge in [0, 0.05) is 19.0 Å². The van der Waals surface area contributed by atoms with Crippen molar-refractivity contribution in [2.24, 2.45) is 11.7 Å². The molecule has 0 unspecified atom stereocenters. The summed E-state index contributed by atoms with van der Waals surface area (Å²) >= 11 is 0. The minimum absolute atomic E-state index is 0.0706. The lowest BCUT2D eigenvalue weighted by Crippen LogP contribution is -2.65. The Morgan fingerprint density at radius 3 is 2.16 bits per heavy atom. The predicted molar refractivity (Wildman–Crippen MR) is 132 cm³/mol. The van der Waals surface area contributed by atoms with Crippen molar-refractivity contribution in [3.05, 3.63) is 65.2 Å². The van der Waals surface area contributed by atoms with Gasteiger partial charge in [0.2, 0.25) is 11.8 Å². The first-order chi connectivity index (χ1) is 17.6. The molecule has 4 aliphatic rings. The largest absolute Gasteiger partial charge is 0.497 e. The molecule has 2 aromatic rings. The minimum atomic E-state index is -4.45. The Morgan fingerprint density at radius 2 is 1.70 bits per heavy atom. The van der Waals surface area contributed by atoms with Crippen molar-refractivity contribution < 1.29 is 27.5 Å². The maximum atomic E-state index is 14.4. The summed E-state index contributed by atoms with van der Waals surface area (Å²) in [6, 6.07) is 11.1. The van der Waals surface area contributed by atoms with Gasteiger partial charge in [-0.3, -0.25) is 9.59 Å². The molecule has 2 bridgehead atoms. The van der Waals surface area contributed by atoms with E-state index in [1.165, 1.54) is 12.1 Å². The van der Waals surface area contributed by atoms with Crippen LogP contribution in [0.2, 0.25) is 0 Å². The molecule has 1 aliphatic carbocycles. The third-order valence-electron chi connectivity index (χ3n) is 8.39. The van der Waals surface area contributed by atoms with Crippen LogP contribution in [0, 0.1) is 5.92 Å². The number of primary amides is 1. The average molecular weight is 516 g/mol. The summed E-state index contributed by atoms with van der Waals surface area (Å²) in [5, 5.41) is 0. The highest BCUT2D eigenvalue weighted by molar-refractivity contribution is 5.95. The van der Waals surface area contributed by atoms with Crippen molar-refractivity contribution >= 4 is 11.8 Å². The van der Waals surface area contributed by atoms with Gasteiger partial charge in [0.15, 0.2) is 0 Å². The van der Waals surface area contributed by atoms with Crippen LogP contribution in [0.1, 0.15) is 42.4 Å². The highest BCUT2D eigenvalue weighted by atomic mass is 19.4. The third kappa shape index (κ3) is 4.93. The summed E-state index contributed by atoms with van der Waals surface area (Å²) in [6.07, 6.45) is -1.16. The van der Waals surface area contributed by atoms with E-state index in [0.29, 0.717) is 30.7 Å². The Balaban J connectivity index is 1.49. The Labute approximate surface area is 214 Å². The number of nitrogens with two attached hydrogens (primary N) is 1. The molecule has 1 saturated carbocycles. The van der Waals surface area contributed by atoms with Gasteiger partial charge in [0.1, 0.15) is 11.8 Å². The molecule has 9 heteroatoms. The van der Waals surface area contributed by atoms with Gasteiger partial charge in [0.25, 0.3) is 0 Å². The minimum Gasteiger partial charge on any atom is -0.497 e. The number of benzene rings is 2. The van der Waals surface area contributed by atoms with E-state index in [0.717, 1.165) is 43.6 Å². The Bertz CT molecular complexity index is 1140. The lowest BCUT2D eigenvalue weighted by Gasteiger charge is -2.51. The van der Waals surface area contributed by atoms with Crippen LogP contribution in [0.4, 0.5) is 13.2 Å². The molecule has 3 heterocycles. The van der Waals surface area contributed by atoms with Crippen LogP contribution in [0.3, 0.4) is 0 Å². The molecule has 2 aromatic carbocycles. The number of carbonyl (C=O) groups is 2. The number of hydrogen-bond acceptors (Lipinski definition) is 4. The topological polar surface area (TPSA) is 75.9 Å². The SMILES string of the molecule is COc1ccc(C2(C(=O)N([C@@H](Cc3ccc(C(F)(F)F)cc3)C(N)=O)[C@H]3CN4CCC3CC4)CC2)cc1. The number of hydrogen-bond donors (Lipinski definition) is 1. The first kappa shape index (κ1) is 25.6. The fraction of sp³-hybridized carbons (Fsp3) is 0.500. The number of halogens is 3. The average Bonchev–Trinajstić information content (AvgIpc) is 3.71. The molecule has 2 N–H and O–H groups in total. The second-order valence-corrected chi connectivity index (χ2v) is 10.5. The van der Waals surface area contributed by atoms with E-state index >= 15 is 0 Å². The zero-order valence-electron chi connectivity index (χ0n) is 20.8. The smallest absolute Gasteiger partial charge is 0.416 e. The number of nitrogens with zero attached hydrogens (tertiary/aromatic N) is 2. The van der Waals surface area contributed by atoms with Crippen LogP contribution in [0.15, 0.2) is 48.5 Å². The number of fused-ring (bicyclic) bond motifs is 3. The summed E-state index contributed by atoms with van der Waals surface area (Å²) < 4.78 is 44.5. The number of ether oxygens (including phenoxy) is 1. The van der Waals surface area contributed by atoms with Crippen molar-refractivity contribution in [1.29, 1.82) is 0 Å². The summed E-state index contributed by atoms with van der Waals surface area (Å²) in [5.41, 5.74) is 5.85. The van der Waals surface area contributed by atoms with E-state index in [9.17, 15) is 22.8 Å². The molecular formula is C28H32F3N3O3. The quantitative estimate of drug-likeness (QED) is 0.581. The fourth-order valence-electron chi connectivity index (χ4n) is 6.07. The summed E-state index contributed by atoms with van der Waals surface area (Å²) in [7, 11) is 1.58. The predicted octanol–water partition coefficient (Wildman–Crippen LogP) is 3.77. The van der Waals surface area contributed by atoms with Gasteiger partial charge in [-0.25, -0.2) is 0 Å². The van der Waals surface area contributed by atoms with E-state index in [-0.39, 0.29) is 24.3 Å². The van der Waals surface area contributed by atoms with Crippen molar-refractivity contribution in [1.82, 2.24) is 9.80 Å². The molecule has 2 atom stereocenters. The maximum Gasteiger partial charge on any atom is 0.416 e. The molecule has 37 heavy (non-hydrogen) atoms. The van der Waals surface area contributed by atoms with Gasteiger partial charge in [0.05, 0.1) is 18.1 Å². The van der Waals surface area contributed by atoms with Crippen molar-refractivity contribution in [3.63, 3.8) is 0 Å². The number of carbonyl (C=O) groups excluding carboxylic acids is 2. The van der Waals surface area contributed by atoms with Gasteiger partial charge < -0.3 is 20.3 Å². The standard InChI is InChI=1S/C28H32F3N3O3/c1-37-22-8-6-20(7-9-22)27(12-13-27)26(36)34(24-17-33-14-10-19(24)11-15-33)23(25(32)35)16-18-2-4-21(5-3-18)28(29,30)31/h2-9,19,23-24H,10-17H2,1H3,(H2,32,35)/t23-,24-/m0/s1. The van der Waals surface area contributed by atoms with Crippen LogP contribution in [0.5, 0.6) is 5.75 Å². The molecule has 6 rings (SSSR count). The lowest BCUT2D eigenvalue weighted by atomic mass is 9.80. The molecule has 3 aliphatic heterocycles. The van der Waals surface area contributed by atoms with Crippen molar-refractivity contribution in [2.45, 2.75) is 55.8 Å². The van der Waals surface area contributed by atoms with Crippen LogP contribution in [0.25, 0.3) is 0 Å². The zero-order chi connectivity index (χ0) is 26.4. The van der Waals surface area contributed by atoms with Crippen molar-refractivity contribution in [3.8, 4) is 5.75 Å². The molecule has 0 spiro atoms. The van der Waals surface area contributed by atoms with Gasteiger partial charge >= 0.3 is 6.18 Å². The van der Waals surface area contributed by atoms with Crippen molar-refractivity contribution in [2.75, 3.05) is 26.7 Å². The molecule has 0 radical (unpaired) electrons. The molecule has 4 fully saturated rings. The third-order valence-corrected chi connectivity index (χ3v) is 8.39. The van der Waals surface area contributed by atoms with Crippen LogP contribution < -0.4 is 10.5 Å². The molecule has 0 aromatic heterocycles. The molecule has 3 saturated heterocycles. The number of rotatable bonds is 8. The number of piperidine rings is 3. The monoisotopic (exact) mass is 515 g/mol. The molecule has 6 nitrogen and oxygen atoms in total. The highest BCUT2D eigenvalue weighted by Gasteiger charge is 2.56. The Morgan fingerprint density at radius 1 is 1.08 bits per heavy atom. The second kappa shape index (κ2) is 9.67. The normalized spacial score (nSPS) is 24.8. The van der Waals surface area contributed by atoms with Gasteiger partial charge in [-0.1, -0.05) is 24.3 Å². The number of amides is 2. The number of methoxy groups -OCH3 is 1. The second-order valence-electron chi connectivity index (χ2n) is 10.5. The first-order valence-corrected chi connectivity index (χ1v) is 12.8.